The second kappa shape index (κ2) is 10.8. The molecule has 242 valence electrons. The standard InChI is InChI=1S/C32H33F3N6O5/c1-40-12-11-30(17-40)14-19(16-45-30)37-26(42)18-7-8-22(24(13-18)44-3)38-29-36-15-21(32(33,34)35)27(39-29)46-23-6-4-5-20-25(23)28(43)41(2)31(20)9-10-31/h4-8,13,15,19H,9-12,14,16-17H2,1-3H3,(H,37,42)(H,36,38,39). The van der Waals surface area contributed by atoms with Gasteiger partial charge >= 0.3 is 6.18 Å². The number of hydrogen-bond donors (Lipinski definition) is 2. The molecule has 2 spiro atoms. The Morgan fingerprint density at radius 2 is 1.93 bits per heavy atom. The van der Waals surface area contributed by atoms with Crippen molar-refractivity contribution in [2.45, 2.75) is 49.0 Å². The van der Waals surface area contributed by atoms with Crippen molar-refractivity contribution in [2.75, 3.05) is 46.2 Å². The van der Waals surface area contributed by atoms with Gasteiger partial charge in [-0.1, -0.05) is 12.1 Å². The first-order valence-corrected chi connectivity index (χ1v) is 15.0. The van der Waals surface area contributed by atoms with Gasteiger partial charge in [-0.05, 0) is 56.1 Å². The van der Waals surface area contributed by atoms with E-state index in [1.807, 2.05) is 7.05 Å². The minimum absolute atomic E-state index is 0.0141. The zero-order chi connectivity index (χ0) is 32.4. The molecule has 0 bridgehead atoms. The third-order valence-electron chi connectivity index (χ3n) is 9.44. The van der Waals surface area contributed by atoms with E-state index in [1.165, 1.54) is 19.2 Å². The molecule has 1 saturated carbocycles. The number of carbonyl (C=O) groups excluding carboxylic acids is 2. The summed E-state index contributed by atoms with van der Waals surface area (Å²) in [6.07, 6.45) is -1.00. The molecular weight excluding hydrogens is 605 g/mol. The molecule has 0 radical (unpaired) electrons. The van der Waals surface area contributed by atoms with E-state index in [9.17, 15) is 22.8 Å². The molecule has 2 saturated heterocycles. The molecule has 4 aliphatic rings. The van der Waals surface area contributed by atoms with Crippen molar-refractivity contribution in [2.24, 2.45) is 0 Å². The summed E-state index contributed by atoms with van der Waals surface area (Å²) in [5, 5.41) is 5.90. The number of aromatic nitrogens is 2. The predicted octanol–water partition coefficient (Wildman–Crippen LogP) is 4.71. The number of amides is 2. The van der Waals surface area contributed by atoms with Crippen LogP contribution in [-0.2, 0) is 16.5 Å². The van der Waals surface area contributed by atoms with Crippen LogP contribution in [-0.4, -0.2) is 84.1 Å². The Labute approximate surface area is 263 Å². The monoisotopic (exact) mass is 638 g/mol. The van der Waals surface area contributed by atoms with Crippen molar-refractivity contribution in [1.29, 1.82) is 0 Å². The lowest BCUT2D eigenvalue weighted by molar-refractivity contribution is -0.139. The first-order valence-electron chi connectivity index (χ1n) is 15.0. The van der Waals surface area contributed by atoms with E-state index in [1.54, 1.807) is 36.2 Å². The van der Waals surface area contributed by atoms with E-state index in [2.05, 4.69) is 25.5 Å². The van der Waals surface area contributed by atoms with Gasteiger partial charge in [0.2, 0.25) is 11.8 Å². The topological polar surface area (TPSA) is 118 Å². The van der Waals surface area contributed by atoms with Crippen LogP contribution in [0.25, 0.3) is 0 Å². The lowest BCUT2D eigenvalue weighted by Crippen LogP contribution is -2.37. The van der Waals surface area contributed by atoms with Crippen molar-refractivity contribution in [1.82, 2.24) is 25.1 Å². The summed E-state index contributed by atoms with van der Waals surface area (Å²) in [5.74, 6) is -1.34. The molecule has 7 rings (SSSR count). The van der Waals surface area contributed by atoms with E-state index in [4.69, 9.17) is 14.2 Å². The summed E-state index contributed by atoms with van der Waals surface area (Å²) in [6, 6.07) is 9.44. The molecule has 3 aromatic rings. The molecule has 2 atom stereocenters. The highest BCUT2D eigenvalue weighted by molar-refractivity contribution is 6.03. The summed E-state index contributed by atoms with van der Waals surface area (Å²) >= 11 is 0. The molecule has 1 aromatic heterocycles. The molecule has 46 heavy (non-hydrogen) atoms. The molecule has 4 heterocycles. The van der Waals surface area contributed by atoms with E-state index >= 15 is 0 Å². The smallest absolute Gasteiger partial charge is 0.423 e. The number of likely N-dealkylation sites (tertiary alicyclic amines) is 1. The van der Waals surface area contributed by atoms with Gasteiger partial charge in [0.1, 0.15) is 17.1 Å². The van der Waals surface area contributed by atoms with E-state index < -0.39 is 23.2 Å². The van der Waals surface area contributed by atoms with E-state index in [0.29, 0.717) is 24.1 Å². The first kappa shape index (κ1) is 30.2. The highest BCUT2D eigenvalue weighted by Gasteiger charge is 2.57. The van der Waals surface area contributed by atoms with Crippen LogP contribution in [0.4, 0.5) is 24.8 Å². The lowest BCUT2D eigenvalue weighted by Gasteiger charge is -2.22. The Kier molecular flexibility index (Phi) is 7.12. The largest absolute Gasteiger partial charge is 0.495 e. The van der Waals surface area contributed by atoms with Crippen LogP contribution in [0.2, 0.25) is 0 Å². The van der Waals surface area contributed by atoms with Gasteiger partial charge in [-0.2, -0.15) is 18.2 Å². The van der Waals surface area contributed by atoms with Crippen molar-refractivity contribution >= 4 is 23.5 Å². The van der Waals surface area contributed by atoms with Gasteiger partial charge in [0, 0.05) is 38.3 Å². The molecule has 14 heteroatoms. The summed E-state index contributed by atoms with van der Waals surface area (Å²) in [5.41, 5.74) is -0.241. The van der Waals surface area contributed by atoms with Gasteiger partial charge in [-0.15, -0.1) is 0 Å². The maximum Gasteiger partial charge on any atom is 0.423 e. The number of methoxy groups -OCH3 is 1. The Balaban J connectivity index is 1.11. The molecule has 3 fully saturated rings. The Bertz CT molecular complexity index is 1730. The fourth-order valence-electron chi connectivity index (χ4n) is 6.88. The van der Waals surface area contributed by atoms with Crippen LogP contribution in [0, 0.1) is 0 Å². The van der Waals surface area contributed by atoms with Crippen LogP contribution in [0.15, 0.2) is 42.6 Å². The van der Waals surface area contributed by atoms with Gasteiger partial charge < -0.3 is 34.6 Å². The Hall–Kier alpha value is -4.43. The molecule has 2 amide bonds. The number of carbonyl (C=O) groups is 2. The second-order valence-electron chi connectivity index (χ2n) is 12.5. The average Bonchev–Trinajstić information content (AvgIpc) is 3.56. The Morgan fingerprint density at radius 1 is 1.13 bits per heavy atom. The molecular formula is C32H33F3N6O5. The summed E-state index contributed by atoms with van der Waals surface area (Å²) < 4.78 is 59.4. The van der Waals surface area contributed by atoms with Crippen LogP contribution < -0.4 is 20.1 Å². The fraction of sp³-hybridized carbons (Fsp3) is 0.438. The summed E-state index contributed by atoms with van der Waals surface area (Å²) in [6.45, 7) is 2.22. The highest BCUT2D eigenvalue weighted by atomic mass is 19.4. The number of fused-ring (bicyclic) bond motifs is 2. The van der Waals surface area contributed by atoms with Gasteiger partial charge in [0.15, 0.2) is 0 Å². The zero-order valence-corrected chi connectivity index (χ0v) is 25.5. The van der Waals surface area contributed by atoms with Crippen molar-refractivity contribution in [3.63, 3.8) is 0 Å². The van der Waals surface area contributed by atoms with Gasteiger partial charge in [-0.25, -0.2) is 4.98 Å². The van der Waals surface area contributed by atoms with Gasteiger partial charge in [0.05, 0.1) is 42.1 Å². The zero-order valence-electron chi connectivity index (χ0n) is 25.5. The summed E-state index contributed by atoms with van der Waals surface area (Å²) in [4.78, 5) is 37.9. The minimum atomic E-state index is -4.82. The van der Waals surface area contributed by atoms with E-state index in [0.717, 1.165) is 44.3 Å². The maximum absolute atomic E-state index is 14.0. The number of nitrogens with one attached hydrogen (secondary N) is 2. The average molecular weight is 639 g/mol. The lowest BCUT2D eigenvalue weighted by atomic mass is 9.97. The molecule has 2 unspecified atom stereocenters. The third-order valence-corrected chi connectivity index (χ3v) is 9.44. The number of nitrogens with zero attached hydrogens (tertiary/aromatic N) is 4. The molecule has 2 N–H and O–H groups in total. The quantitative estimate of drug-likeness (QED) is 0.380. The molecule has 3 aliphatic heterocycles. The number of halogens is 3. The third kappa shape index (κ3) is 5.18. The van der Waals surface area contributed by atoms with Crippen LogP contribution in [0.3, 0.4) is 0 Å². The highest BCUT2D eigenvalue weighted by Crippen LogP contribution is 2.57. The number of rotatable bonds is 7. The molecule has 1 aliphatic carbocycles. The normalized spacial score (nSPS) is 23.2. The number of hydrogen-bond acceptors (Lipinski definition) is 9. The minimum Gasteiger partial charge on any atom is -0.495 e. The fourth-order valence-corrected chi connectivity index (χ4v) is 6.88. The molecule has 2 aromatic carbocycles. The van der Waals surface area contributed by atoms with Crippen molar-refractivity contribution in [3.8, 4) is 17.4 Å². The number of alkyl halides is 3. The Morgan fingerprint density at radius 3 is 2.63 bits per heavy atom. The maximum atomic E-state index is 14.0. The number of ether oxygens (including phenoxy) is 3. The predicted molar refractivity (Wildman–Crippen MR) is 160 cm³/mol. The van der Waals surface area contributed by atoms with Crippen LogP contribution in [0.1, 0.15) is 57.5 Å². The van der Waals surface area contributed by atoms with Gasteiger partial charge in [-0.3, -0.25) is 9.59 Å². The number of likely N-dealkylation sites (N-methyl/N-ethyl adjacent to an activating group) is 1. The van der Waals surface area contributed by atoms with Crippen LogP contribution in [0.5, 0.6) is 17.4 Å². The van der Waals surface area contributed by atoms with Crippen molar-refractivity contribution in [3.05, 3.63) is 64.8 Å². The van der Waals surface area contributed by atoms with Crippen LogP contribution >= 0.6 is 0 Å². The SMILES string of the molecule is COc1cc(C(=O)NC2COC3(CCN(C)C3)C2)ccc1Nc1ncc(C(F)(F)F)c(Oc2cccc3c2C(=O)N(C)C32CC2)n1. The summed E-state index contributed by atoms with van der Waals surface area (Å²) in [7, 11) is 5.14. The number of benzene rings is 2. The van der Waals surface area contributed by atoms with Gasteiger partial charge in [0.25, 0.3) is 11.8 Å². The van der Waals surface area contributed by atoms with E-state index in [-0.39, 0.29) is 46.5 Å². The first-order chi connectivity index (χ1) is 21.9. The second-order valence-corrected chi connectivity index (χ2v) is 12.5. The molecule has 11 nitrogen and oxygen atoms in total. The van der Waals surface area contributed by atoms with Crippen molar-refractivity contribution < 1.29 is 37.0 Å². The number of anilines is 2.